The largest absolute Gasteiger partial charge is 0.416 e. The van der Waals surface area contributed by atoms with E-state index in [-0.39, 0.29) is 6.07 Å². The Labute approximate surface area is 108 Å². The van der Waals surface area contributed by atoms with Crippen LogP contribution in [0.2, 0.25) is 0 Å². The molecular formula is C8H5ClF6O3S. The van der Waals surface area contributed by atoms with Crippen LogP contribution in [0, 0.1) is 0 Å². The molecule has 0 aliphatic rings. The Morgan fingerprint density at radius 3 is 1.42 bits per heavy atom. The molecule has 0 aromatic heterocycles. The zero-order chi connectivity index (χ0) is 15.5. The fourth-order valence-corrected chi connectivity index (χ4v) is 0.872. The minimum absolute atomic E-state index is 0.0833. The summed E-state index contributed by atoms with van der Waals surface area (Å²) in [5, 5.41) is 0. The van der Waals surface area contributed by atoms with Crippen LogP contribution in [-0.2, 0) is 21.7 Å². The van der Waals surface area contributed by atoms with E-state index in [4.69, 9.17) is 13.0 Å². The molecule has 1 rings (SSSR count). The van der Waals surface area contributed by atoms with Gasteiger partial charge in [0.25, 0.3) is 0 Å². The molecule has 0 aliphatic heterocycles. The first-order valence-corrected chi connectivity index (χ1v) is 6.39. The van der Waals surface area contributed by atoms with Gasteiger partial charge < -0.3 is 0 Å². The molecule has 110 valence electrons. The molecule has 0 radical (unpaired) electrons. The van der Waals surface area contributed by atoms with Crippen molar-refractivity contribution < 1.29 is 39.3 Å². The fraction of sp³-hybridized carbons (Fsp3) is 0.250. The Kier molecular flexibility index (Phi) is 5.66. The van der Waals surface area contributed by atoms with Crippen molar-refractivity contribution in [3.63, 3.8) is 0 Å². The van der Waals surface area contributed by atoms with E-state index in [0.717, 1.165) is 6.07 Å². The summed E-state index contributed by atoms with van der Waals surface area (Å²) in [6.07, 6.45) is -9.50. The standard InChI is InChI=1S/C8H4F6.ClHO3S/c9-7(10,11)5-2-1-3-6(4-5)8(12,13)14;1-5(2,3)4/h1-4H;(H,2,3,4). The van der Waals surface area contributed by atoms with Gasteiger partial charge in [-0.3, -0.25) is 4.55 Å². The van der Waals surface area contributed by atoms with Gasteiger partial charge in [0, 0.05) is 10.7 Å². The van der Waals surface area contributed by atoms with Crippen LogP contribution >= 0.6 is 10.7 Å². The average molecular weight is 331 g/mol. The molecule has 0 bridgehead atoms. The van der Waals surface area contributed by atoms with Gasteiger partial charge in [0.1, 0.15) is 0 Å². The van der Waals surface area contributed by atoms with E-state index in [9.17, 15) is 26.3 Å². The average Bonchev–Trinajstić information content (AvgIpc) is 2.12. The van der Waals surface area contributed by atoms with Gasteiger partial charge in [-0.2, -0.15) is 34.8 Å². The maximum Gasteiger partial charge on any atom is 0.416 e. The van der Waals surface area contributed by atoms with Crippen molar-refractivity contribution in [2.75, 3.05) is 0 Å². The second kappa shape index (κ2) is 5.97. The van der Waals surface area contributed by atoms with Crippen molar-refractivity contribution in [2.45, 2.75) is 12.4 Å². The van der Waals surface area contributed by atoms with E-state index in [0.29, 0.717) is 12.1 Å². The van der Waals surface area contributed by atoms with Gasteiger partial charge in [-0.05, 0) is 18.2 Å². The molecule has 0 spiro atoms. The van der Waals surface area contributed by atoms with E-state index in [1.54, 1.807) is 0 Å². The summed E-state index contributed by atoms with van der Waals surface area (Å²) >= 11 is 0. The van der Waals surface area contributed by atoms with Crippen molar-refractivity contribution >= 4 is 20.0 Å². The highest BCUT2D eigenvalue weighted by atomic mass is 35.7. The van der Waals surface area contributed by atoms with E-state index in [1.807, 2.05) is 0 Å². The van der Waals surface area contributed by atoms with Crippen molar-refractivity contribution in [3.05, 3.63) is 35.4 Å². The van der Waals surface area contributed by atoms with Crippen molar-refractivity contribution in [3.8, 4) is 0 Å². The SMILES string of the molecule is FC(F)(F)c1cccc(C(F)(F)F)c1.O=S(=O)(O)Cl. The predicted octanol–water partition coefficient (Wildman–Crippen LogP) is 3.75. The van der Waals surface area contributed by atoms with Crippen LogP contribution in [0.15, 0.2) is 24.3 Å². The van der Waals surface area contributed by atoms with Gasteiger partial charge in [0.05, 0.1) is 11.1 Å². The second-order valence-electron chi connectivity index (χ2n) is 2.99. The Balaban J connectivity index is 0.000000555. The maximum absolute atomic E-state index is 12.0. The molecule has 1 aromatic carbocycles. The lowest BCUT2D eigenvalue weighted by Gasteiger charge is -2.10. The molecule has 0 atom stereocenters. The first-order chi connectivity index (χ1) is 8.21. The molecule has 1 N–H and O–H groups in total. The third kappa shape index (κ3) is 8.67. The molecule has 0 aliphatic carbocycles. The smallest absolute Gasteiger partial charge is 0.273 e. The summed E-state index contributed by atoms with van der Waals surface area (Å²) in [6.45, 7) is 0. The monoisotopic (exact) mass is 330 g/mol. The van der Waals surface area contributed by atoms with Crippen LogP contribution in [0.25, 0.3) is 0 Å². The van der Waals surface area contributed by atoms with Gasteiger partial charge in [0.2, 0.25) is 0 Å². The highest BCUT2D eigenvalue weighted by Crippen LogP contribution is 2.34. The fourth-order valence-electron chi connectivity index (χ4n) is 0.872. The van der Waals surface area contributed by atoms with Crippen molar-refractivity contribution in [2.24, 2.45) is 0 Å². The quantitative estimate of drug-likeness (QED) is 0.448. The van der Waals surface area contributed by atoms with Gasteiger partial charge >= 0.3 is 21.7 Å². The summed E-state index contributed by atoms with van der Waals surface area (Å²) in [4.78, 5) is 0. The van der Waals surface area contributed by atoms with Gasteiger partial charge in [0.15, 0.2) is 0 Å². The topological polar surface area (TPSA) is 54.4 Å². The maximum atomic E-state index is 12.0. The van der Waals surface area contributed by atoms with Crippen LogP contribution in [0.1, 0.15) is 11.1 Å². The van der Waals surface area contributed by atoms with Gasteiger partial charge in [-0.1, -0.05) is 6.07 Å². The van der Waals surface area contributed by atoms with Crippen LogP contribution in [0.5, 0.6) is 0 Å². The minimum atomic E-state index is -4.75. The Bertz CT molecular complexity index is 485. The normalized spacial score (nSPS) is 12.6. The lowest BCUT2D eigenvalue weighted by Crippen LogP contribution is -2.09. The van der Waals surface area contributed by atoms with Gasteiger partial charge in [-0.15, -0.1) is 0 Å². The molecular weight excluding hydrogens is 326 g/mol. The number of hydrogen-bond acceptors (Lipinski definition) is 2. The highest BCUT2D eigenvalue weighted by molar-refractivity contribution is 8.09. The highest BCUT2D eigenvalue weighted by Gasteiger charge is 2.35. The first-order valence-electron chi connectivity index (χ1n) is 4.13. The summed E-state index contributed by atoms with van der Waals surface area (Å²) in [5.74, 6) is 0. The number of benzene rings is 1. The van der Waals surface area contributed by atoms with Crippen molar-refractivity contribution in [1.29, 1.82) is 0 Å². The predicted molar refractivity (Wildman–Crippen MR) is 53.8 cm³/mol. The minimum Gasteiger partial charge on any atom is -0.273 e. The first kappa shape index (κ1) is 18.0. The van der Waals surface area contributed by atoms with Crippen LogP contribution in [0.4, 0.5) is 26.3 Å². The van der Waals surface area contributed by atoms with E-state index >= 15 is 0 Å². The van der Waals surface area contributed by atoms with E-state index < -0.39 is 32.8 Å². The summed E-state index contributed by atoms with van der Waals surface area (Å²) in [6, 6.07) is 2.00. The van der Waals surface area contributed by atoms with Crippen LogP contribution in [0.3, 0.4) is 0 Å². The lowest BCUT2D eigenvalue weighted by molar-refractivity contribution is -0.143. The van der Waals surface area contributed by atoms with Crippen LogP contribution in [-0.4, -0.2) is 13.0 Å². The second-order valence-corrected chi connectivity index (χ2v) is 4.98. The lowest BCUT2D eigenvalue weighted by atomic mass is 10.1. The summed E-state index contributed by atoms with van der Waals surface area (Å²) in [7, 11) is -0.137. The molecule has 0 fully saturated rings. The van der Waals surface area contributed by atoms with Crippen molar-refractivity contribution in [1.82, 2.24) is 0 Å². The number of alkyl halides is 6. The number of hydrogen-bond donors (Lipinski definition) is 1. The third-order valence-electron chi connectivity index (χ3n) is 1.52. The Morgan fingerprint density at radius 1 is 0.947 bits per heavy atom. The zero-order valence-electron chi connectivity index (χ0n) is 8.63. The molecule has 0 unspecified atom stereocenters. The molecule has 0 heterocycles. The summed E-state index contributed by atoms with van der Waals surface area (Å²) in [5.41, 5.74) is -2.60. The van der Waals surface area contributed by atoms with Crippen LogP contribution < -0.4 is 0 Å². The molecule has 19 heavy (non-hydrogen) atoms. The Morgan fingerprint density at radius 2 is 1.21 bits per heavy atom. The number of rotatable bonds is 0. The number of halogens is 7. The van der Waals surface area contributed by atoms with Gasteiger partial charge in [-0.25, -0.2) is 0 Å². The molecule has 0 saturated heterocycles. The van der Waals surface area contributed by atoms with E-state index in [2.05, 4.69) is 10.7 Å². The summed E-state index contributed by atoms with van der Waals surface area (Å²) < 4.78 is 97.1. The molecule has 1 aromatic rings. The third-order valence-corrected chi connectivity index (χ3v) is 1.52. The molecule has 0 amide bonds. The molecule has 3 nitrogen and oxygen atoms in total. The molecule has 11 heteroatoms. The molecule has 0 saturated carbocycles. The van der Waals surface area contributed by atoms with E-state index in [1.165, 1.54) is 0 Å². The Hall–Kier alpha value is -1.00. The zero-order valence-corrected chi connectivity index (χ0v) is 10.2.